The van der Waals surface area contributed by atoms with Gasteiger partial charge in [-0.25, -0.2) is 4.79 Å². The van der Waals surface area contributed by atoms with Gasteiger partial charge in [0.1, 0.15) is 0 Å². The zero-order valence-electron chi connectivity index (χ0n) is 21.2. The maximum absolute atomic E-state index is 11.9. The molecule has 6 rings (SSSR count). The summed E-state index contributed by atoms with van der Waals surface area (Å²) < 4.78 is 18.2. The van der Waals surface area contributed by atoms with Gasteiger partial charge < -0.3 is 29.0 Å². The molecule has 2 aliphatic rings. The van der Waals surface area contributed by atoms with Crippen LogP contribution in [0, 0.1) is 13.8 Å². The van der Waals surface area contributed by atoms with Gasteiger partial charge in [0, 0.05) is 35.0 Å². The van der Waals surface area contributed by atoms with Crippen LogP contribution in [-0.2, 0) is 4.74 Å². The van der Waals surface area contributed by atoms with Crippen LogP contribution in [-0.4, -0.2) is 34.5 Å². The van der Waals surface area contributed by atoms with E-state index in [1.807, 2.05) is 48.5 Å². The van der Waals surface area contributed by atoms with Gasteiger partial charge in [0.05, 0.1) is 30.5 Å². The van der Waals surface area contributed by atoms with Crippen molar-refractivity contribution in [1.29, 1.82) is 0 Å². The molecule has 2 atom stereocenters. The van der Waals surface area contributed by atoms with Crippen molar-refractivity contribution in [2.45, 2.75) is 25.9 Å². The summed E-state index contributed by atoms with van der Waals surface area (Å²) in [4.78, 5) is 18.7. The van der Waals surface area contributed by atoms with Gasteiger partial charge in [0.25, 0.3) is 0 Å². The molecule has 2 aromatic heterocycles. The van der Waals surface area contributed by atoms with Crippen LogP contribution in [0.1, 0.15) is 45.1 Å². The number of pyridine rings is 1. The van der Waals surface area contributed by atoms with Crippen LogP contribution >= 0.6 is 12.2 Å². The number of ether oxygens (including phenoxy) is 3. The number of hydrogen-bond acceptors (Lipinski definition) is 6. The van der Waals surface area contributed by atoms with E-state index in [9.17, 15) is 4.79 Å². The van der Waals surface area contributed by atoms with Gasteiger partial charge in [-0.3, -0.25) is 4.98 Å². The lowest BCUT2D eigenvalue weighted by atomic mass is 9.96. The molecule has 9 heteroatoms. The second-order valence-electron chi connectivity index (χ2n) is 9.23. The molecular formula is C29H26N4O4S. The number of carbonyl (C=O) groups excluding carboxylic acids is 1. The second-order valence-corrected chi connectivity index (χ2v) is 9.62. The standard InChI is InChI=1S/C29H26N4O4S/c1-17-14-22(18(2)32(17)20-9-7-19(8-10-20)28(34)35-3)27-26(23-6-4-5-13-30-23)31-29(38)33(27)21-11-12-24-25(15-21)37-16-36-24/h4-15,26-27H,16H2,1-3H3,(H,31,38)/t26-,27-/m1/s1. The Kier molecular flexibility index (Phi) is 6.00. The van der Waals surface area contributed by atoms with E-state index < -0.39 is 0 Å². The van der Waals surface area contributed by atoms with Crippen LogP contribution < -0.4 is 19.7 Å². The van der Waals surface area contributed by atoms with Gasteiger partial charge in [-0.1, -0.05) is 6.07 Å². The third-order valence-electron chi connectivity index (χ3n) is 7.07. The fourth-order valence-corrected chi connectivity index (χ4v) is 5.68. The Morgan fingerprint density at radius 3 is 2.53 bits per heavy atom. The van der Waals surface area contributed by atoms with Gasteiger partial charge in [0.15, 0.2) is 16.6 Å². The number of fused-ring (bicyclic) bond motifs is 1. The SMILES string of the molecule is COC(=O)c1ccc(-n2c(C)cc([C@@H]3[C@@H](c4ccccn4)NC(=S)N3c3ccc4c(c3)OCO4)c2C)cc1. The first kappa shape index (κ1) is 24.0. The number of rotatable bonds is 5. The number of aryl methyl sites for hydroxylation is 1. The minimum absolute atomic E-state index is 0.174. The van der Waals surface area contributed by atoms with Crippen molar-refractivity contribution in [2.75, 3.05) is 18.8 Å². The molecule has 192 valence electrons. The summed E-state index contributed by atoms with van der Waals surface area (Å²) in [5, 5.41) is 4.13. The topological polar surface area (TPSA) is 77.9 Å². The number of nitrogens with one attached hydrogen (secondary N) is 1. The van der Waals surface area contributed by atoms with Crippen molar-refractivity contribution in [1.82, 2.24) is 14.9 Å². The first-order chi connectivity index (χ1) is 18.5. The van der Waals surface area contributed by atoms with E-state index in [2.05, 4.69) is 39.7 Å². The summed E-state index contributed by atoms with van der Waals surface area (Å²) in [7, 11) is 1.38. The molecule has 0 unspecified atom stereocenters. The third-order valence-corrected chi connectivity index (χ3v) is 7.38. The zero-order chi connectivity index (χ0) is 26.4. The zero-order valence-corrected chi connectivity index (χ0v) is 22.0. The maximum Gasteiger partial charge on any atom is 0.337 e. The average Bonchev–Trinajstić information content (AvgIpc) is 3.63. The van der Waals surface area contributed by atoms with Crippen molar-refractivity contribution < 1.29 is 19.0 Å². The Labute approximate surface area is 225 Å². The van der Waals surface area contributed by atoms with Crippen LogP contribution in [0.3, 0.4) is 0 Å². The van der Waals surface area contributed by atoms with E-state index in [4.69, 9.17) is 26.4 Å². The molecule has 1 N–H and O–H groups in total. The fraction of sp³-hybridized carbons (Fsp3) is 0.207. The van der Waals surface area contributed by atoms with E-state index in [0.717, 1.165) is 39.8 Å². The summed E-state index contributed by atoms with van der Waals surface area (Å²) >= 11 is 5.90. The number of aromatic nitrogens is 2. The highest BCUT2D eigenvalue weighted by Gasteiger charge is 2.42. The predicted molar refractivity (Wildman–Crippen MR) is 147 cm³/mol. The van der Waals surface area contributed by atoms with Gasteiger partial charge in [-0.15, -0.1) is 0 Å². The number of nitrogens with zero attached hydrogens (tertiary/aromatic N) is 3. The van der Waals surface area contributed by atoms with Gasteiger partial charge in [-0.2, -0.15) is 0 Å². The normalized spacial score (nSPS) is 18.0. The van der Waals surface area contributed by atoms with Crippen LogP contribution in [0.5, 0.6) is 11.5 Å². The Morgan fingerprint density at radius 1 is 1.03 bits per heavy atom. The highest BCUT2D eigenvalue weighted by molar-refractivity contribution is 7.80. The summed E-state index contributed by atoms with van der Waals surface area (Å²) in [5.74, 6) is 1.06. The highest BCUT2D eigenvalue weighted by atomic mass is 32.1. The highest BCUT2D eigenvalue weighted by Crippen LogP contribution is 2.46. The number of carbonyl (C=O) groups is 1. The van der Waals surface area contributed by atoms with E-state index in [1.54, 1.807) is 18.3 Å². The Bertz CT molecular complexity index is 1530. The molecule has 8 nitrogen and oxygen atoms in total. The molecule has 0 radical (unpaired) electrons. The predicted octanol–water partition coefficient (Wildman–Crippen LogP) is 5.18. The first-order valence-electron chi connectivity index (χ1n) is 12.2. The van der Waals surface area contributed by atoms with Crippen LogP contribution in [0.4, 0.5) is 5.69 Å². The number of thiocarbonyl (C=S) groups is 1. The summed E-state index contributed by atoms with van der Waals surface area (Å²) in [6, 6.07) is 21.1. The van der Waals surface area contributed by atoms with Gasteiger partial charge in [-0.05, 0) is 86.2 Å². The number of benzene rings is 2. The summed E-state index contributed by atoms with van der Waals surface area (Å²) in [5.41, 5.74) is 6.51. The summed E-state index contributed by atoms with van der Waals surface area (Å²) in [6.45, 7) is 4.38. The van der Waals surface area contributed by atoms with Gasteiger partial charge in [0.2, 0.25) is 6.79 Å². The van der Waals surface area contributed by atoms with Crippen LogP contribution in [0.25, 0.3) is 5.69 Å². The molecule has 2 aromatic carbocycles. The van der Waals surface area contributed by atoms with Crippen molar-refractivity contribution >= 4 is 29.0 Å². The molecule has 0 aliphatic carbocycles. The van der Waals surface area contributed by atoms with Crippen molar-refractivity contribution in [3.8, 4) is 17.2 Å². The lowest BCUT2D eigenvalue weighted by molar-refractivity contribution is 0.0600. The minimum Gasteiger partial charge on any atom is -0.465 e. The van der Waals surface area contributed by atoms with Crippen molar-refractivity contribution in [3.05, 3.63) is 101 Å². The molecule has 1 saturated heterocycles. The maximum atomic E-state index is 11.9. The van der Waals surface area contributed by atoms with Crippen LogP contribution in [0.15, 0.2) is 72.9 Å². The number of methoxy groups -OCH3 is 1. The number of anilines is 1. The lowest BCUT2D eigenvalue weighted by Crippen LogP contribution is -2.29. The molecular weight excluding hydrogens is 500 g/mol. The largest absolute Gasteiger partial charge is 0.465 e. The second kappa shape index (κ2) is 9.50. The van der Waals surface area contributed by atoms with Crippen LogP contribution in [0.2, 0.25) is 0 Å². The van der Waals surface area contributed by atoms with E-state index in [-0.39, 0.29) is 24.8 Å². The molecule has 2 aliphatic heterocycles. The smallest absolute Gasteiger partial charge is 0.337 e. The van der Waals surface area contributed by atoms with Gasteiger partial charge >= 0.3 is 5.97 Å². The third kappa shape index (κ3) is 3.95. The lowest BCUT2D eigenvalue weighted by Gasteiger charge is -2.28. The molecule has 4 aromatic rings. The molecule has 4 heterocycles. The molecule has 0 amide bonds. The number of esters is 1. The Morgan fingerprint density at radius 2 is 1.79 bits per heavy atom. The van der Waals surface area contributed by atoms with E-state index >= 15 is 0 Å². The number of hydrogen-bond donors (Lipinski definition) is 1. The first-order valence-corrected chi connectivity index (χ1v) is 12.6. The fourth-order valence-electron chi connectivity index (χ4n) is 5.33. The minimum atomic E-state index is -0.360. The monoisotopic (exact) mass is 526 g/mol. The summed E-state index contributed by atoms with van der Waals surface area (Å²) in [6.07, 6.45) is 1.80. The van der Waals surface area contributed by atoms with E-state index in [0.29, 0.717) is 16.4 Å². The van der Waals surface area contributed by atoms with E-state index in [1.165, 1.54) is 7.11 Å². The Balaban J connectivity index is 1.47. The molecule has 0 bridgehead atoms. The quantitative estimate of drug-likeness (QED) is 0.282. The molecule has 38 heavy (non-hydrogen) atoms. The Hall–Kier alpha value is -4.37. The molecule has 0 spiro atoms. The average molecular weight is 527 g/mol. The van der Waals surface area contributed by atoms with Crippen molar-refractivity contribution in [2.24, 2.45) is 0 Å². The molecule has 1 fully saturated rings. The molecule has 0 saturated carbocycles. The van der Waals surface area contributed by atoms with Crippen molar-refractivity contribution in [3.63, 3.8) is 0 Å².